The summed E-state index contributed by atoms with van der Waals surface area (Å²) < 4.78 is 44.2. The van der Waals surface area contributed by atoms with Gasteiger partial charge in [-0.1, -0.05) is 6.07 Å². The first-order valence-electron chi connectivity index (χ1n) is 5.15. The summed E-state index contributed by atoms with van der Waals surface area (Å²) in [6.45, 7) is 1.06. The molecule has 5 nitrogen and oxygen atoms in total. The number of sulfonamides is 1. The minimum Gasteiger partial charge on any atom is -0.398 e. The molecule has 0 aliphatic carbocycles. The molecule has 94 valence electrons. The third kappa shape index (κ3) is 2.26. The highest BCUT2D eigenvalue weighted by atomic mass is 32.2. The number of anilines is 1. The molecule has 0 saturated carbocycles. The standard InChI is InChI=1S/C10H13FN2O3S/c11-8-2-1-3-9(12)10(8)17(14,15)13-4-6-16-7-5-13/h1-3H,4-7,12H2. The lowest BCUT2D eigenvalue weighted by Crippen LogP contribution is -2.41. The lowest BCUT2D eigenvalue weighted by Gasteiger charge is -2.26. The van der Waals surface area contributed by atoms with Crippen LogP contribution in [0.2, 0.25) is 0 Å². The van der Waals surface area contributed by atoms with E-state index >= 15 is 0 Å². The van der Waals surface area contributed by atoms with Crippen LogP contribution in [-0.2, 0) is 14.8 Å². The number of benzene rings is 1. The van der Waals surface area contributed by atoms with Gasteiger partial charge in [-0.15, -0.1) is 0 Å². The highest BCUT2D eigenvalue weighted by molar-refractivity contribution is 7.89. The number of halogens is 1. The summed E-state index contributed by atoms with van der Waals surface area (Å²) in [6.07, 6.45) is 0. The number of ether oxygens (including phenoxy) is 1. The molecule has 0 radical (unpaired) electrons. The first kappa shape index (κ1) is 12.3. The summed E-state index contributed by atoms with van der Waals surface area (Å²) in [6, 6.07) is 3.84. The number of morpholine rings is 1. The smallest absolute Gasteiger partial charge is 0.248 e. The van der Waals surface area contributed by atoms with Gasteiger partial charge < -0.3 is 10.5 Å². The Kier molecular flexibility index (Phi) is 3.32. The molecule has 1 aliphatic rings. The lowest BCUT2D eigenvalue weighted by molar-refractivity contribution is 0.0729. The van der Waals surface area contributed by atoms with Gasteiger partial charge in [-0.2, -0.15) is 4.31 Å². The minimum atomic E-state index is -3.87. The second-order valence-electron chi connectivity index (χ2n) is 3.67. The van der Waals surface area contributed by atoms with Crippen LogP contribution in [-0.4, -0.2) is 39.0 Å². The molecule has 1 fully saturated rings. The zero-order chi connectivity index (χ0) is 12.5. The van der Waals surface area contributed by atoms with E-state index in [1.165, 1.54) is 16.4 Å². The Labute approximate surface area is 99.0 Å². The van der Waals surface area contributed by atoms with Crippen LogP contribution in [0.3, 0.4) is 0 Å². The SMILES string of the molecule is Nc1cccc(F)c1S(=O)(=O)N1CCOCC1. The maximum Gasteiger partial charge on any atom is 0.248 e. The number of nitrogens with two attached hydrogens (primary N) is 1. The normalized spacial score (nSPS) is 18.2. The van der Waals surface area contributed by atoms with Gasteiger partial charge in [-0.3, -0.25) is 0 Å². The van der Waals surface area contributed by atoms with Gasteiger partial charge in [-0.05, 0) is 12.1 Å². The second-order valence-corrected chi connectivity index (χ2v) is 5.55. The maximum absolute atomic E-state index is 13.6. The van der Waals surface area contributed by atoms with E-state index in [1.54, 1.807) is 0 Å². The molecule has 0 spiro atoms. The third-order valence-electron chi connectivity index (χ3n) is 2.57. The van der Waals surface area contributed by atoms with Crippen molar-refractivity contribution in [1.82, 2.24) is 4.31 Å². The van der Waals surface area contributed by atoms with E-state index in [1.807, 2.05) is 0 Å². The number of nitrogens with zero attached hydrogens (tertiary/aromatic N) is 1. The molecule has 2 N–H and O–H groups in total. The van der Waals surface area contributed by atoms with Gasteiger partial charge in [0.1, 0.15) is 10.7 Å². The largest absolute Gasteiger partial charge is 0.398 e. The summed E-state index contributed by atoms with van der Waals surface area (Å²) in [5.74, 6) is -0.823. The molecule has 1 heterocycles. The van der Waals surface area contributed by atoms with Crippen molar-refractivity contribution in [3.8, 4) is 0 Å². The van der Waals surface area contributed by atoms with Gasteiger partial charge in [0.05, 0.1) is 18.9 Å². The number of nitrogen functional groups attached to an aromatic ring is 1. The number of hydrogen-bond donors (Lipinski definition) is 1. The van der Waals surface area contributed by atoms with Crippen LogP contribution in [0.15, 0.2) is 23.1 Å². The van der Waals surface area contributed by atoms with Gasteiger partial charge in [0.15, 0.2) is 0 Å². The molecule has 0 aromatic heterocycles. The van der Waals surface area contributed by atoms with Crippen molar-refractivity contribution in [2.24, 2.45) is 0 Å². The van der Waals surface area contributed by atoms with E-state index in [4.69, 9.17) is 10.5 Å². The summed E-state index contributed by atoms with van der Waals surface area (Å²) in [7, 11) is -3.87. The van der Waals surface area contributed by atoms with Crippen molar-refractivity contribution in [2.75, 3.05) is 32.0 Å². The van der Waals surface area contributed by atoms with Crippen LogP contribution in [0.4, 0.5) is 10.1 Å². The Bertz CT molecular complexity index is 492. The van der Waals surface area contributed by atoms with Crippen LogP contribution in [0.1, 0.15) is 0 Å². The Morgan fingerprint density at radius 3 is 2.53 bits per heavy atom. The van der Waals surface area contributed by atoms with Gasteiger partial charge in [0.25, 0.3) is 0 Å². The first-order chi connectivity index (χ1) is 8.03. The van der Waals surface area contributed by atoms with Gasteiger partial charge in [-0.25, -0.2) is 12.8 Å². The molecule has 17 heavy (non-hydrogen) atoms. The van der Waals surface area contributed by atoms with Crippen LogP contribution in [0.5, 0.6) is 0 Å². The highest BCUT2D eigenvalue weighted by Crippen LogP contribution is 2.25. The van der Waals surface area contributed by atoms with E-state index < -0.39 is 20.7 Å². The van der Waals surface area contributed by atoms with E-state index in [-0.39, 0.29) is 18.8 Å². The first-order valence-corrected chi connectivity index (χ1v) is 6.59. The fourth-order valence-electron chi connectivity index (χ4n) is 1.71. The summed E-state index contributed by atoms with van der Waals surface area (Å²) in [5, 5.41) is 0. The zero-order valence-corrected chi connectivity index (χ0v) is 9.91. The molecule has 0 bridgehead atoms. The monoisotopic (exact) mass is 260 g/mol. The Hall–Kier alpha value is -1.18. The number of rotatable bonds is 2. The molecule has 0 atom stereocenters. The molecule has 1 saturated heterocycles. The Morgan fingerprint density at radius 2 is 1.94 bits per heavy atom. The van der Waals surface area contributed by atoms with Crippen molar-refractivity contribution in [1.29, 1.82) is 0 Å². The molecule has 1 aliphatic heterocycles. The average Bonchev–Trinajstić information content (AvgIpc) is 2.29. The molecule has 7 heteroatoms. The van der Waals surface area contributed by atoms with E-state index in [0.29, 0.717) is 13.2 Å². The van der Waals surface area contributed by atoms with Crippen LogP contribution < -0.4 is 5.73 Å². The molecular weight excluding hydrogens is 247 g/mol. The fourth-order valence-corrected chi connectivity index (χ4v) is 3.28. The van der Waals surface area contributed by atoms with Crippen LogP contribution in [0.25, 0.3) is 0 Å². The van der Waals surface area contributed by atoms with Crippen LogP contribution >= 0.6 is 0 Å². The topological polar surface area (TPSA) is 72.6 Å². The van der Waals surface area contributed by atoms with Crippen molar-refractivity contribution < 1.29 is 17.5 Å². The molecule has 0 unspecified atom stereocenters. The predicted molar refractivity (Wildman–Crippen MR) is 60.4 cm³/mol. The lowest BCUT2D eigenvalue weighted by atomic mass is 10.3. The molecule has 1 aromatic rings. The summed E-state index contributed by atoms with van der Waals surface area (Å²) >= 11 is 0. The van der Waals surface area contributed by atoms with Crippen LogP contribution in [0, 0.1) is 5.82 Å². The highest BCUT2D eigenvalue weighted by Gasteiger charge is 2.30. The van der Waals surface area contributed by atoms with E-state index in [0.717, 1.165) is 6.07 Å². The molecular formula is C10H13FN2O3S. The Morgan fingerprint density at radius 1 is 1.29 bits per heavy atom. The molecule has 2 rings (SSSR count). The summed E-state index contributed by atoms with van der Waals surface area (Å²) in [5.41, 5.74) is 5.46. The molecule has 1 aromatic carbocycles. The Balaban J connectivity index is 2.44. The van der Waals surface area contributed by atoms with Gasteiger partial charge >= 0.3 is 0 Å². The fraction of sp³-hybridized carbons (Fsp3) is 0.400. The third-order valence-corrected chi connectivity index (χ3v) is 4.56. The van der Waals surface area contributed by atoms with E-state index in [2.05, 4.69) is 0 Å². The molecule has 0 amide bonds. The van der Waals surface area contributed by atoms with Crippen molar-refractivity contribution in [3.05, 3.63) is 24.0 Å². The van der Waals surface area contributed by atoms with E-state index in [9.17, 15) is 12.8 Å². The van der Waals surface area contributed by atoms with Gasteiger partial charge in [0, 0.05) is 13.1 Å². The summed E-state index contributed by atoms with van der Waals surface area (Å²) in [4.78, 5) is -0.443. The maximum atomic E-state index is 13.6. The van der Waals surface area contributed by atoms with Gasteiger partial charge in [0.2, 0.25) is 10.0 Å². The quantitative estimate of drug-likeness (QED) is 0.783. The van der Waals surface area contributed by atoms with Crippen molar-refractivity contribution in [3.63, 3.8) is 0 Å². The minimum absolute atomic E-state index is 0.0727. The zero-order valence-electron chi connectivity index (χ0n) is 9.10. The predicted octanol–water partition coefficient (Wildman–Crippen LogP) is 0.429. The van der Waals surface area contributed by atoms with Crippen molar-refractivity contribution >= 4 is 15.7 Å². The number of hydrogen-bond acceptors (Lipinski definition) is 4. The van der Waals surface area contributed by atoms with Crippen molar-refractivity contribution in [2.45, 2.75) is 4.90 Å². The average molecular weight is 260 g/mol. The second kappa shape index (κ2) is 4.59.